The Labute approximate surface area is 140 Å². The fraction of sp³-hybridized carbons (Fsp3) is 0.353. The molecule has 0 radical (unpaired) electrons. The predicted molar refractivity (Wildman–Crippen MR) is 89.3 cm³/mol. The van der Waals surface area contributed by atoms with E-state index in [2.05, 4.69) is 10.4 Å². The quantitative estimate of drug-likeness (QED) is 0.813. The van der Waals surface area contributed by atoms with Crippen molar-refractivity contribution in [1.82, 2.24) is 9.78 Å². The maximum atomic E-state index is 12.2. The molecule has 128 valence electrons. The first kappa shape index (κ1) is 17.5. The topological polar surface area (TPSA) is 93.4 Å². The largest absolute Gasteiger partial charge is 0.489 e. The van der Waals surface area contributed by atoms with Gasteiger partial charge in [0.1, 0.15) is 5.75 Å². The molecular formula is C17H21N3O4. The minimum absolute atomic E-state index is 0.0910. The van der Waals surface area contributed by atoms with Crippen LogP contribution in [0.25, 0.3) is 0 Å². The van der Waals surface area contributed by atoms with Crippen molar-refractivity contribution in [3.05, 3.63) is 41.7 Å². The number of rotatable bonds is 7. The van der Waals surface area contributed by atoms with Crippen LogP contribution in [0.15, 0.2) is 30.6 Å². The van der Waals surface area contributed by atoms with Crippen molar-refractivity contribution in [2.45, 2.75) is 32.8 Å². The Kier molecular flexibility index (Phi) is 5.57. The summed E-state index contributed by atoms with van der Waals surface area (Å²) in [5.41, 5.74) is 1.42. The lowest BCUT2D eigenvalue weighted by Crippen LogP contribution is -2.15. The second-order valence-corrected chi connectivity index (χ2v) is 5.75. The van der Waals surface area contributed by atoms with Crippen LogP contribution in [0.5, 0.6) is 5.75 Å². The summed E-state index contributed by atoms with van der Waals surface area (Å²) in [7, 11) is 1.82. The number of carbonyl (C=O) groups is 2. The molecular weight excluding hydrogens is 310 g/mol. The minimum Gasteiger partial charge on any atom is -0.489 e. The lowest BCUT2D eigenvalue weighted by Gasteiger charge is -2.15. The molecule has 0 saturated carbocycles. The Morgan fingerprint density at radius 2 is 2.12 bits per heavy atom. The second kappa shape index (κ2) is 7.63. The summed E-state index contributed by atoms with van der Waals surface area (Å²) in [4.78, 5) is 23.3. The van der Waals surface area contributed by atoms with E-state index in [0.717, 1.165) is 5.56 Å². The van der Waals surface area contributed by atoms with Gasteiger partial charge in [-0.3, -0.25) is 9.48 Å². The summed E-state index contributed by atoms with van der Waals surface area (Å²) in [6, 6.07) is 4.41. The van der Waals surface area contributed by atoms with Gasteiger partial charge in [0.25, 0.3) is 0 Å². The standard InChI is InChI=1S/C17H21N3O4/c1-11(2)24-15-6-5-13(17(22)23)8-14(15)19-16(21)7-4-12-9-18-20(3)10-12/h5-6,8-11H,4,7H2,1-3H3,(H,19,21)(H,22,23). The number of ether oxygens (including phenoxy) is 1. The van der Waals surface area contributed by atoms with Crippen molar-refractivity contribution in [1.29, 1.82) is 0 Å². The van der Waals surface area contributed by atoms with Gasteiger partial charge in [-0.1, -0.05) is 0 Å². The summed E-state index contributed by atoms with van der Waals surface area (Å²) < 4.78 is 7.30. The normalized spacial score (nSPS) is 10.7. The van der Waals surface area contributed by atoms with E-state index in [1.807, 2.05) is 27.1 Å². The van der Waals surface area contributed by atoms with Crippen molar-refractivity contribution in [3.63, 3.8) is 0 Å². The first-order valence-electron chi connectivity index (χ1n) is 7.66. The van der Waals surface area contributed by atoms with E-state index >= 15 is 0 Å². The fourth-order valence-electron chi connectivity index (χ4n) is 2.19. The van der Waals surface area contributed by atoms with Gasteiger partial charge in [-0.05, 0) is 44.0 Å². The van der Waals surface area contributed by atoms with Gasteiger partial charge >= 0.3 is 5.97 Å². The highest BCUT2D eigenvalue weighted by molar-refractivity contribution is 5.95. The third kappa shape index (κ3) is 4.84. The molecule has 0 aliphatic carbocycles. The molecule has 0 aliphatic rings. The molecule has 2 N–H and O–H groups in total. The molecule has 2 aromatic rings. The molecule has 0 fully saturated rings. The predicted octanol–water partition coefficient (Wildman–Crippen LogP) is 2.48. The summed E-state index contributed by atoms with van der Waals surface area (Å²) >= 11 is 0. The van der Waals surface area contributed by atoms with Crippen molar-refractivity contribution >= 4 is 17.6 Å². The van der Waals surface area contributed by atoms with Crippen LogP contribution in [-0.4, -0.2) is 32.9 Å². The van der Waals surface area contributed by atoms with Crippen LogP contribution in [0.1, 0.15) is 36.2 Å². The lowest BCUT2D eigenvalue weighted by molar-refractivity contribution is -0.116. The first-order chi connectivity index (χ1) is 11.3. The van der Waals surface area contributed by atoms with Crippen LogP contribution in [0.4, 0.5) is 5.69 Å². The van der Waals surface area contributed by atoms with Gasteiger partial charge in [-0.15, -0.1) is 0 Å². The van der Waals surface area contributed by atoms with E-state index < -0.39 is 5.97 Å². The molecule has 0 saturated heterocycles. The molecule has 1 aromatic heterocycles. The molecule has 0 unspecified atom stereocenters. The molecule has 1 aromatic carbocycles. The Balaban J connectivity index is 2.08. The number of anilines is 1. The number of amides is 1. The molecule has 7 nitrogen and oxygen atoms in total. The smallest absolute Gasteiger partial charge is 0.335 e. The fourth-order valence-corrected chi connectivity index (χ4v) is 2.19. The van der Waals surface area contributed by atoms with Gasteiger partial charge in [0.2, 0.25) is 5.91 Å². The maximum absolute atomic E-state index is 12.2. The van der Waals surface area contributed by atoms with E-state index in [9.17, 15) is 9.59 Å². The van der Waals surface area contributed by atoms with Gasteiger partial charge in [0.05, 0.1) is 23.6 Å². The second-order valence-electron chi connectivity index (χ2n) is 5.75. The molecule has 0 bridgehead atoms. The van der Waals surface area contributed by atoms with Crippen LogP contribution >= 0.6 is 0 Å². The zero-order valence-electron chi connectivity index (χ0n) is 13.9. The van der Waals surface area contributed by atoms with E-state index in [1.165, 1.54) is 12.1 Å². The number of hydrogen-bond donors (Lipinski definition) is 2. The highest BCUT2D eigenvalue weighted by Gasteiger charge is 2.13. The number of carbonyl (C=O) groups excluding carboxylic acids is 1. The zero-order valence-corrected chi connectivity index (χ0v) is 13.9. The number of carboxylic acid groups (broad SMARTS) is 1. The first-order valence-corrected chi connectivity index (χ1v) is 7.66. The third-order valence-corrected chi connectivity index (χ3v) is 3.26. The van der Waals surface area contributed by atoms with Gasteiger partial charge < -0.3 is 15.2 Å². The summed E-state index contributed by atoms with van der Waals surface area (Å²) in [5, 5.41) is 15.9. The number of hydrogen-bond acceptors (Lipinski definition) is 4. The monoisotopic (exact) mass is 331 g/mol. The Hall–Kier alpha value is -2.83. The number of nitrogens with zero attached hydrogens (tertiary/aromatic N) is 2. The molecule has 1 heterocycles. The number of benzene rings is 1. The molecule has 7 heteroatoms. The molecule has 24 heavy (non-hydrogen) atoms. The van der Waals surface area contributed by atoms with Crippen molar-refractivity contribution in [3.8, 4) is 5.75 Å². The summed E-state index contributed by atoms with van der Waals surface area (Å²) in [6.07, 6.45) is 4.30. The number of aromatic carboxylic acids is 1. The van der Waals surface area contributed by atoms with Crippen LogP contribution in [0, 0.1) is 0 Å². The number of aromatic nitrogens is 2. The van der Waals surface area contributed by atoms with E-state index in [-0.39, 0.29) is 24.0 Å². The van der Waals surface area contributed by atoms with Gasteiger partial charge in [0.15, 0.2) is 0 Å². The van der Waals surface area contributed by atoms with Crippen LogP contribution in [0.3, 0.4) is 0 Å². The average Bonchev–Trinajstić information content (AvgIpc) is 2.92. The molecule has 2 rings (SSSR count). The summed E-state index contributed by atoms with van der Waals surface area (Å²) in [6.45, 7) is 3.72. The van der Waals surface area contributed by atoms with E-state index in [1.54, 1.807) is 16.9 Å². The number of carboxylic acids is 1. The minimum atomic E-state index is -1.06. The van der Waals surface area contributed by atoms with Crippen LogP contribution < -0.4 is 10.1 Å². The van der Waals surface area contributed by atoms with Gasteiger partial charge in [-0.25, -0.2) is 4.79 Å². The number of aryl methyl sites for hydroxylation is 2. The average molecular weight is 331 g/mol. The van der Waals surface area contributed by atoms with Crippen LogP contribution in [0.2, 0.25) is 0 Å². The van der Waals surface area contributed by atoms with E-state index in [0.29, 0.717) is 17.9 Å². The summed E-state index contributed by atoms with van der Waals surface area (Å²) in [5.74, 6) is -0.823. The maximum Gasteiger partial charge on any atom is 0.335 e. The molecule has 0 atom stereocenters. The Bertz CT molecular complexity index is 737. The van der Waals surface area contributed by atoms with Crippen molar-refractivity contribution in [2.24, 2.45) is 7.05 Å². The molecule has 0 aliphatic heterocycles. The van der Waals surface area contributed by atoms with Crippen molar-refractivity contribution in [2.75, 3.05) is 5.32 Å². The highest BCUT2D eigenvalue weighted by Crippen LogP contribution is 2.27. The van der Waals surface area contributed by atoms with Gasteiger partial charge in [-0.2, -0.15) is 5.10 Å². The Morgan fingerprint density at radius 3 is 2.71 bits per heavy atom. The Morgan fingerprint density at radius 1 is 1.38 bits per heavy atom. The van der Waals surface area contributed by atoms with Crippen LogP contribution in [-0.2, 0) is 18.3 Å². The number of nitrogens with one attached hydrogen (secondary N) is 1. The molecule has 0 spiro atoms. The lowest BCUT2D eigenvalue weighted by atomic mass is 10.1. The SMILES string of the molecule is CC(C)Oc1ccc(C(=O)O)cc1NC(=O)CCc1cnn(C)c1. The third-order valence-electron chi connectivity index (χ3n) is 3.26. The van der Waals surface area contributed by atoms with E-state index in [4.69, 9.17) is 9.84 Å². The highest BCUT2D eigenvalue weighted by atomic mass is 16.5. The molecule has 1 amide bonds. The van der Waals surface area contributed by atoms with Gasteiger partial charge in [0, 0.05) is 19.7 Å². The zero-order chi connectivity index (χ0) is 17.7. The van der Waals surface area contributed by atoms with Crippen molar-refractivity contribution < 1.29 is 19.4 Å².